The number of hydrogen-bond donors (Lipinski definition) is 3. The predicted molar refractivity (Wildman–Crippen MR) is 72.4 cm³/mol. The molecule has 0 unspecified atom stereocenters. The number of benzene rings is 1. The number of nitrogens with two attached hydrogens (primary N) is 2. The highest BCUT2D eigenvalue weighted by Gasteiger charge is 2.20. The molecule has 0 atom stereocenters. The SMILES string of the molecule is CCC(C)(C)Nc1c(Cl)cc(N)cc1C(N)=O. The Morgan fingerprint density at radius 2 is 2.06 bits per heavy atom. The van der Waals surface area contributed by atoms with E-state index in [-0.39, 0.29) is 5.54 Å². The van der Waals surface area contributed by atoms with Gasteiger partial charge in [-0.3, -0.25) is 4.79 Å². The lowest BCUT2D eigenvalue weighted by Crippen LogP contribution is -2.31. The fraction of sp³-hybridized carbons (Fsp3) is 0.417. The van der Waals surface area contributed by atoms with Crippen molar-refractivity contribution in [1.82, 2.24) is 0 Å². The standard InChI is InChI=1S/C12H18ClN3O/c1-4-12(2,3)16-10-8(11(15)17)5-7(14)6-9(10)13/h5-6,16H,4,14H2,1-3H3,(H2,15,17). The maximum absolute atomic E-state index is 11.4. The molecule has 0 saturated carbocycles. The van der Waals surface area contributed by atoms with Gasteiger partial charge in [-0.05, 0) is 32.4 Å². The summed E-state index contributed by atoms with van der Waals surface area (Å²) < 4.78 is 0. The van der Waals surface area contributed by atoms with Crippen LogP contribution >= 0.6 is 11.6 Å². The van der Waals surface area contributed by atoms with E-state index in [0.29, 0.717) is 22.0 Å². The first-order chi connectivity index (χ1) is 7.76. The molecule has 0 bridgehead atoms. The molecule has 5 heteroatoms. The molecule has 0 fully saturated rings. The van der Waals surface area contributed by atoms with Crippen molar-refractivity contribution in [3.05, 3.63) is 22.7 Å². The molecule has 94 valence electrons. The van der Waals surface area contributed by atoms with Crippen LogP contribution in [-0.4, -0.2) is 11.4 Å². The van der Waals surface area contributed by atoms with E-state index < -0.39 is 5.91 Å². The van der Waals surface area contributed by atoms with Crippen LogP contribution in [0.1, 0.15) is 37.6 Å². The van der Waals surface area contributed by atoms with Crippen molar-refractivity contribution < 1.29 is 4.79 Å². The maximum atomic E-state index is 11.4. The first-order valence-corrected chi connectivity index (χ1v) is 5.81. The fourth-order valence-corrected chi connectivity index (χ4v) is 1.65. The van der Waals surface area contributed by atoms with Crippen LogP contribution < -0.4 is 16.8 Å². The summed E-state index contributed by atoms with van der Waals surface area (Å²) in [7, 11) is 0. The van der Waals surface area contributed by atoms with Gasteiger partial charge in [-0.15, -0.1) is 0 Å². The van der Waals surface area contributed by atoms with Crippen molar-refractivity contribution in [2.24, 2.45) is 5.73 Å². The lowest BCUT2D eigenvalue weighted by molar-refractivity contribution is 0.100. The monoisotopic (exact) mass is 255 g/mol. The Morgan fingerprint density at radius 1 is 1.47 bits per heavy atom. The maximum Gasteiger partial charge on any atom is 0.250 e. The summed E-state index contributed by atoms with van der Waals surface area (Å²) in [6.45, 7) is 6.08. The minimum Gasteiger partial charge on any atom is -0.399 e. The molecule has 17 heavy (non-hydrogen) atoms. The van der Waals surface area contributed by atoms with Crippen molar-refractivity contribution >= 4 is 28.9 Å². The molecule has 1 rings (SSSR count). The molecule has 1 aromatic rings. The number of nitrogens with one attached hydrogen (secondary N) is 1. The normalized spacial score (nSPS) is 11.3. The molecule has 0 aliphatic heterocycles. The van der Waals surface area contributed by atoms with Gasteiger partial charge in [0.05, 0.1) is 16.3 Å². The molecule has 0 spiro atoms. The second kappa shape index (κ2) is 4.84. The van der Waals surface area contributed by atoms with Crippen LogP contribution in [0, 0.1) is 0 Å². The van der Waals surface area contributed by atoms with Crippen LogP contribution in [0.4, 0.5) is 11.4 Å². The van der Waals surface area contributed by atoms with E-state index in [1.807, 2.05) is 20.8 Å². The van der Waals surface area contributed by atoms with Crippen LogP contribution in [-0.2, 0) is 0 Å². The van der Waals surface area contributed by atoms with Gasteiger partial charge < -0.3 is 16.8 Å². The number of amides is 1. The number of primary amides is 1. The zero-order valence-corrected chi connectivity index (χ0v) is 11.1. The number of nitrogen functional groups attached to an aromatic ring is 1. The van der Waals surface area contributed by atoms with Gasteiger partial charge in [-0.1, -0.05) is 18.5 Å². The van der Waals surface area contributed by atoms with E-state index in [9.17, 15) is 4.79 Å². The second-order valence-corrected chi connectivity index (χ2v) is 5.06. The van der Waals surface area contributed by atoms with Gasteiger partial charge in [0.2, 0.25) is 0 Å². The molecule has 0 saturated heterocycles. The van der Waals surface area contributed by atoms with Crippen LogP contribution in [0.2, 0.25) is 5.02 Å². The highest BCUT2D eigenvalue weighted by Crippen LogP contribution is 2.31. The minimum atomic E-state index is -0.548. The fourth-order valence-electron chi connectivity index (χ4n) is 1.38. The molecular formula is C12H18ClN3O. The van der Waals surface area contributed by atoms with E-state index >= 15 is 0 Å². The van der Waals surface area contributed by atoms with E-state index in [1.54, 1.807) is 6.07 Å². The highest BCUT2D eigenvalue weighted by molar-refractivity contribution is 6.34. The molecule has 0 radical (unpaired) electrons. The number of carbonyl (C=O) groups excluding carboxylic acids is 1. The van der Waals surface area contributed by atoms with Gasteiger partial charge in [0.15, 0.2) is 0 Å². The molecule has 0 aliphatic rings. The number of hydrogen-bond acceptors (Lipinski definition) is 3. The van der Waals surface area contributed by atoms with Crippen LogP contribution in [0.5, 0.6) is 0 Å². The van der Waals surface area contributed by atoms with Crippen molar-refractivity contribution in [3.63, 3.8) is 0 Å². The second-order valence-electron chi connectivity index (χ2n) is 4.65. The van der Waals surface area contributed by atoms with Gasteiger partial charge in [-0.2, -0.15) is 0 Å². The molecule has 0 aromatic heterocycles. The molecule has 1 aromatic carbocycles. The summed E-state index contributed by atoms with van der Waals surface area (Å²) in [5, 5.41) is 3.63. The quantitative estimate of drug-likeness (QED) is 0.724. The summed E-state index contributed by atoms with van der Waals surface area (Å²) in [6.07, 6.45) is 0.881. The molecule has 0 aliphatic carbocycles. The number of rotatable bonds is 4. The number of carbonyl (C=O) groups is 1. The zero-order chi connectivity index (χ0) is 13.2. The molecule has 0 heterocycles. The summed E-state index contributed by atoms with van der Waals surface area (Å²) in [5.41, 5.74) is 12.1. The molecular weight excluding hydrogens is 238 g/mol. The van der Waals surface area contributed by atoms with Crippen molar-refractivity contribution in [1.29, 1.82) is 0 Å². The third-order valence-electron chi connectivity index (χ3n) is 2.73. The Morgan fingerprint density at radius 3 is 2.53 bits per heavy atom. The Labute approximate surface area is 106 Å². The summed E-state index contributed by atoms with van der Waals surface area (Å²) in [6, 6.07) is 3.13. The molecule has 5 N–H and O–H groups in total. The van der Waals surface area contributed by atoms with Gasteiger partial charge in [0.1, 0.15) is 0 Å². The average molecular weight is 256 g/mol. The highest BCUT2D eigenvalue weighted by atomic mass is 35.5. The summed E-state index contributed by atoms with van der Waals surface area (Å²) in [5.74, 6) is -0.548. The Balaban J connectivity index is 3.26. The lowest BCUT2D eigenvalue weighted by Gasteiger charge is -2.27. The molecule has 1 amide bonds. The summed E-state index contributed by atoms with van der Waals surface area (Å²) in [4.78, 5) is 11.4. The summed E-state index contributed by atoms with van der Waals surface area (Å²) >= 11 is 6.09. The van der Waals surface area contributed by atoms with Crippen molar-refractivity contribution in [3.8, 4) is 0 Å². The van der Waals surface area contributed by atoms with Crippen LogP contribution in [0.15, 0.2) is 12.1 Å². The van der Waals surface area contributed by atoms with Gasteiger partial charge in [0.25, 0.3) is 5.91 Å². The van der Waals surface area contributed by atoms with E-state index in [4.69, 9.17) is 23.1 Å². The van der Waals surface area contributed by atoms with Gasteiger partial charge in [0, 0.05) is 11.2 Å². The first kappa shape index (κ1) is 13.6. The third kappa shape index (κ3) is 3.27. The van der Waals surface area contributed by atoms with Crippen LogP contribution in [0.25, 0.3) is 0 Å². The smallest absolute Gasteiger partial charge is 0.250 e. The Kier molecular flexibility index (Phi) is 3.88. The van der Waals surface area contributed by atoms with Gasteiger partial charge >= 0.3 is 0 Å². The Bertz CT molecular complexity index is 444. The average Bonchev–Trinajstić information content (AvgIpc) is 2.21. The minimum absolute atomic E-state index is 0.177. The Hall–Kier alpha value is -1.42. The zero-order valence-electron chi connectivity index (χ0n) is 10.3. The topological polar surface area (TPSA) is 81.1 Å². The number of anilines is 2. The third-order valence-corrected chi connectivity index (χ3v) is 3.02. The van der Waals surface area contributed by atoms with Crippen molar-refractivity contribution in [2.75, 3.05) is 11.1 Å². The first-order valence-electron chi connectivity index (χ1n) is 5.44. The van der Waals surface area contributed by atoms with E-state index in [1.165, 1.54) is 6.07 Å². The largest absolute Gasteiger partial charge is 0.399 e. The van der Waals surface area contributed by atoms with Crippen LogP contribution in [0.3, 0.4) is 0 Å². The lowest BCUT2D eigenvalue weighted by atomic mass is 10.00. The van der Waals surface area contributed by atoms with E-state index in [2.05, 4.69) is 5.32 Å². The van der Waals surface area contributed by atoms with E-state index in [0.717, 1.165) is 6.42 Å². The predicted octanol–water partition coefficient (Wildman–Crippen LogP) is 2.62. The number of halogens is 1. The van der Waals surface area contributed by atoms with Gasteiger partial charge in [-0.25, -0.2) is 0 Å². The van der Waals surface area contributed by atoms with Crippen molar-refractivity contribution in [2.45, 2.75) is 32.7 Å². The molecule has 4 nitrogen and oxygen atoms in total.